The van der Waals surface area contributed by atoms with E-state index in [9.17, 15) is 0 Å². The number of guanidine groups is 1. The van der Waals surface area contributed by atoms with Crippen LogP contribution in [0.1, 0.15) is 36.3 Å². The first-order valence-electron chi connectivity index (χ1n) is 6.88. The van der Waals surface area contributed by atoms with Gasteiger partial charge in [-0.3, -0.25) is 0 Å². The minimum Gasteiger partial charge on any atom is -0.357 e. The second-order valence-electron chi connectivity index (χ2n) is 5.26. The fourth-order valence-electron chi connectivity index (χ4n) is 1.46. The summed E-state index contributed by atoms with van der Waals surface area (Å²) in [7, 11) is 0. The maximum absolute atomic E-state index is 4.61. The number of aryl methyl sites for hydroxylation is 2. The van der Waals surface area contributed by atoms with Crippen molar-refractivity contribution < 1.29 is 0 Å². The molecule has 0 aliphatic heterocycles. The molecule has 0 saturated carbocycles. The number of rotatable bonds is 6. The Morgan fingerprint density at radius 1 is 1.33 bits per heavy atom. The third-order valence-electron chi connectivity index (χ3n) is 3.02. The SMILES string of the molecule is CCNC(=NCc1nc(C)c(C)s1)NCC(C)(C)SC.I. The van der Waals surface area contributed by atoms with Gasteiger partial charge in [-0.05, 0) is 40.9 Å². The number of nitrogens with zero attached hydrogens (tertiary/aromatic N) is 2. The maximum Gasteiger partial charge on any atom is 0.191 e. The molecule has 1 aromatic heterocycles. The van der Waals surface area contributed by atoms with Crippen LogP contribution in [-0.2, 0) is 6.54 Å². The Kier molecular flexibility index (Phi) is 9.88. The standard InChI is InChI=1S/C14H26N4S2.HI/c1-7-15-13(17-9-14(4,5)19-6)16-8-12-18-10(2)11(3)20-12;/h7-9H2,1-6H3,(H2,15,16,17);1H. The van der Waals surface area contributed by atoms with Gasteiger partial charge < -0.3 is 10.6 Å². The van der Waals surface area contributed by atoms with Crippen molar-refractivity contribution in [3.05, 3.63) is 15.6 Å². The first kappa shape index (κ1) is 21.0. The number of halogens is 1. The lowest BCUT2D eigenvalue weighted by molar-refractivity contribution is 0.665. The fraction of sp³-hybridized carbons (Fsp3) is 0.714. The average Bonchev–Trinajstić information content (AvgIpc) is 2.72. The van der Waals surface area contributed by atoms with Crippen LogP contribution in [0.15, 0.2) is 4.99 Å². The predicted molar refractivity (Wildman–Crippen MR) is 107 cm³/mol. The molecule has 4 nitrogen and oxygen atoms in total. The van der Waals surface area contributed by atoms with E-state index >= 15 is 0 Å². The summed E-state index contributed by atoms with van der Waals surface area (Å²) in [6.07, 6.45) is 2.13. The molecule has 0 aliphatic rings. The van der Waals surface area contributed by atoms with Gasteiger partial charge in [-0.2, -0.15) is 11.8 Å². The van der Waals surface area contributed by atoms with Gasteiger partial charge in [0.1, 0.15) is 5.01 Å². The van der Waals surface area contributed by atoms with E-state index in [0.29, 0.717) is 6.54 Å². The summed E-state index contributed by atoms with van der Waals surface area (Å²) in [4.78, 5) is 10.4. The molecule has 21 heavy (non-hydrogen) atoms. The lowest BCUT2D eigenvalue weighted by Crippen LogP contribution is -2.43. The molecular formula is C14H27IN4S2. The zero-order chi connectivity index (χ0) is 15.2. The molecule has 0 unspecified atom stereocenters. The van der Waals surface area contributed by atoms with Gasteiger partial charge in [0.05, 0.1) is 12.2 Å². The summed E-state index contributed by atoms with van der Waals surface area (Å²) in [5.41, 5.74) is 1.11. The highest BCUT2D eigenvalue weighted by molar-refractivity contribution is 14.0. The predicted octanol–water partition coefficient (Wildman–Crippen LogP) is 3.57. The summed E-state index contributed by atoms with van der Waals surface area (Å²) in [5.74, 6) is 0.861. The van der Waals surface area contributed by atoms with Crippen LogP contribution in [0.4, 0.5) is 0 Å². The molecule has 1 rings (SSSR count). The molecule has 0 radical (unpaired) electrons. The van der Waals surface area contributed by atoms with Crippen molar-refractivity contribution in [2.24, 2.45) is 4.99 Å². The summed E-state index contributed by atoms with van der Waals surface area (Å²) >= 11 is 3.58. The van der Waals surface area contributed by atoms with E-state index < -0.39 is 0 Å². The minimum absolute atomic E-state index is 0. The van der Waals surface area contributed by atoms with Gasteiger partial charge in [0.25, 0.3) is 0 Å². The molecule has 0 spiro atoms. The fourth-order valence-corrected chi connectivity index (χ4v) is 2.54. The van der Waals surface area contributed by atoms with Crippen molar-refractivity contribution in [2.75, 3.05) is 19.3 Å². The Hall–Kier alpha value is -0.0200. The number of nitrogens with one attached hydrogen (secondary N) is 2. The van der Waals surface area contributed by atoms with E-state index in [-0.39, 0.29) is 28.7 Å². The van der Waals surface area contributed by atoms with Gasteiger partial charge in [0.15, 0.2) is 5.96 Å². The molecular weight excluding hydrogens is 415 g/mol. The molecule has 0 amide bonds. The maximum atomic E-state index is 4.61. The van der Waals surface area contributed by atoms with E-state index in [1.807, 2.05) is 18.7 Å². The molecule has 2 N–H and O–H groups in total. The second kappa shape index (κ2) is 9.89. The lowest BCUT2D eigenvalue weighted by Gasteiger charge is -2.23. The minimum atomic E-state index is 0. The van der Waals surface area contributed by atoms with E-state index in [0.717, 1.165) is 29.8 Å². The number of hydrogen-bond acceptors (Lipinski definition) is 4. The second-order valence-corrected chi connectivity index (χ2v) is 8.06. The highest BCUT2D eigenvalue weighted by atomic mass is 127. The highest BCUT2D eigenvalue weighted by Crippen LogP contribution is 2.19. The first-order valence-corrected chi connectivity index (χ1v) is 8.92. The van der Waals surface area contributed by atoms with Crippen molar-refractivity contribution in [1.29, 1.82) is 0 Å². The number of thioether (sulfide) groups is 1. The number of aliphatic imine (C=N–C) groups is 1. The van der Waals surface area contributed by atoms with Crippen LogP contribution in [0.3, 0.4) is 0 Å². The zero-order valence-electron chi connectivity index (χ0n) is 13.7. The van der Waals surface area contributed by atoms with Crippen molar-refractivity contribution in [1.82, 2.24) is 15.6 Å². The van der Waals surface area contributed by atoms with E-state index in [1.165, 1.54) is 4.88 Å². The molecule has 0 saturated heterocycles. The van der Waals surface area contributed by atoms with Gasteiger partial charge in [-0.1, -0.05) is 0 Å². The molecule has 0 aromatic carbocycles. The Morgan fingerprint density at radius 2 is 2.00 bits per heavy atom. The van der Waals surface area contributed by atoms with Crippen LogP contribution < -0.4 is 10.6 Å². The van der Waals surface area contributed by atoms with Crippen molar-refractivity contribution in [3.63, 3.8) is 0 Å². The van der Waals surface area contributed by atoms with Crippen LogP contribution in [0.2, 0.25) is 0 Å². The third-order valence-corrected chi connectivity index (χ3v) is 5.33. The summed E-state index contributed by atoms with van der Waals surface area (Å²) < 4.78 is 0.199. The molecule has 0 bridgehead atoms. The quantitative estimate of drug-likeness (QED) is 0.402. The number of aromatic nitrogens is 1. The molecule has 1 aromatic rings. The molecule has 1 heterocycles. The topological polar surface area (TPSA) is 49.3 Å². The first-order chi connectivity index (χ1) is 9.38. The smallest absolute Gasteiger partial charge is 0.191 e. The summed E-state index contributed by atoms with van der Waals surface area (Å²) in [6, 6.07) is 0. The summed E-state index contributed by atoms with van der Waals surface area (Å²) in [5, 5.41) is 7.75. The van der Waals surface area contributed by atoms with E-state index in [4.69, 9.17) is 0 Å². The average molecular weight is 442 g/mol. The molecule has 7 heteroatoms. The monoisotopic (exact) mass is 442 g/mol. The molecule has 0 fully saturated rings. The molecule has 0 atom stereocenters. The van der Waals surface area contributed by atoms with E-state index in [2.05, 4.69) is 54.6 Å². The number of hydrogen-bond donors (Lipinski definition) is 2. The van der Waals surface area contributed by atoms with Gasteiger partial charge in [-0.25, -0.2) is 9.98 Å². The Bertz CT molecular complexity index is 438. The Labute approximate surface area is 154 Å². The number of thiazole rings is 1. The van der Waals surface area contributed by atoms with Gasteiger partial charge in [0.2, 0.25) is 0 Å². The summed E-state index contributed by atoms with van der Waals surface area (Å²) in [6.45, 7) is 13.1. The van der Waals surface area contributed by atoms with Crippen molar-refractivity contribution >= 4 is 53.0 Å². The van der Waals surface area contributed by atoms with Crippen LogP contribution in [0.5, 0.6) is 0 Å². The lowest BCUT2D eigenvalue weighted by atomic mass is 10.2. The van der Waals surface area contributed by atoms with Crippen molar-refractivity contribution in [3.8, 4) is 0 Å². The van der Waals surface area contributed by atoms with E-state index in [1.54, 1.807) is 11.3 Å². The third kappa shape index (κ3) is 7.69. The highest BCUT2D eigenvalue weighted by Gasteiger charge is 2.16. The Balaban J connectivity index is 0.00000400. The van der Waals surface area contributed by atoms with Crippen LogP contribution >= 0.6 is 47.1 Å². The van der Waals surface area contributed by atoms with Crippen LogP contribution in [0, 0.1) is 13.8 Å². The largest absolute Gasteiger partial charge is 0.357 e. The van der Waals surface area contributed by atoms with Gasteiger partial charge in [-0.15, -0.1) is 35.3 Å². The van der Waals surface area contributed by atoms with Crippen LogP contribution in [0.25, 0.3) is 0 Å². The molecule has 0 aliphatic carbocycles. The van der Waals surface area contributed by atoms with Gasteiger partial charge in [0, 0.05) is 22.7 Å². The normalized spacial score (nSPS) is 12.0. The molecule has 122 valence electrons. The Morgan fingerprint density at radius 3 is 2.48 bits per heavy atom. The van der Waals surface area contributed by atoms with Crippen molar-refractivity contribution in [2.45, 2.75) is 45.9 Å². The van der Waals surface area contributed by atoms with Crippen LogP contribution in [-0.4, -0.2) is 35.0 Å². The van der Waals surface area contributed by atoms with Gasteiger partial charge >= 0.3 is 0 Å². The zero-order valence-corrected chi connectivity index (χ0v) is 17.7.